The fraction of sp³-hybridized carbons (Fsp3) is 0.111. The SMILES string of the molecule is COC(=O)c1cc2n[nH]c(I)c2cc1F. The molecule has 0 aliphatic heterocycles. The molecule has 0 saturated carbocycles. The number of hydrogen-bond donors (Lipinski definition) is 1. The van der Waals surface area contributed by atoms with Gasteiger partial charge in [0.15, 0.2) is 0 Å². The normalized spacial score (nSPS) is 10.6. The number of fused-ring (bicyclic) bond motifs is 1. The largest absolute Gasteiger partial charge is 0.465 e. The number of aromatic nitrogens is 2. The van der Waals surface area contributed by atoms with Crippen LogP contribution >= 0.6 is 22.6 Å². The van der Waals surface area contributed by atoms with Crippen LogP contribution in [0.2, 0.25) is 0 Å². The Morgan fingerprint density at radius 2 is 2.33 bits per heavy atom. The van der Waals surface area contributed by atoms with Gasteiger partial charge in [0.25, 0.3) is 0 Å². The molecule has 0 aliphatic rings. The Bertz CT molecular complexity index is 538. The lowest BCUT2D eigenvalue weighted by Crippen LogP contribution is -2.04. The monoisotopic (exact) mass is 320 g/mol. The van der Waals surface area contributed by atoms with Gasteiger partial charge < -0.3 is 4.74 Å². The van der Waals surface area contributed by atoms with Gasteiger partial charge in [-0.25, -0.2) is 9.18 Å². The van der Waals surface area contributed by atoms with Gasteiger partial charge in [0.05, 0.1) is 18.2 Å². The Labute approximate surface area is 97.9 Å². The van der Waals surface area contributed by atoms with Gasteiger partial charge in [0, 0.05) is 5.39 Å². The summed E-state index contributed by atoms with van der Waals surface area (Å²) in [5.41, 5.74) is 0.439. The molecule has 0 aliphatic carbocycles. The fourth-order valence-corrected chi connectivity index (χ4v) is 1.82. The van der Waals surface area contributed by atoms with Crippen molar-refractivity contribution < 1.29 is 13.9 Å². The highest BCUT2D eigenvalue weighted by Crippen LogP contribution is 2.21. The summed E-state index contributed by atoms with van der Waals surface area (Å²) < 4.78 is 18.7. The minimum Gasteiger partial charge on any atom is -0.465 e. The van der Waals surface area contributed by atoms with Crippen LogP contribution in [0.1, 0.15) is 10.4 Å². The van der Waals surface area contributed by atoms with Crippen LogP contribution in [0.4, 0.5) is 4.39 Å². The molecule has 0 unspecified atom stereocenters. The smallest absolute Gasteiger partial charge is 0.340 e. The summed E-state index contributed by atoms with van der Waals surface area (Å²) in [5, 5.41) is 7.29. The van der Waals surface area contributed by atoms with E-state index in [4.69, 9.17) is 0 Å². The van der Waals surface area contributed by atoms with Gasteiger partial charge in [-0.3, -0.25) is 5.10 Å². The molecule has 0 fully saturated rings. The minimum absolute atomic E-state index is 0.104. The number of esters is 1. The third-order valence-electron chi connectivity index (χ3n) is 2.00. The predicted molar refractivity (Wildman–Crippen MR) is 60.1 cm³/mol. The summed E-state index contributed by atoms with van der Waals surface area (Å²) >= 11 is 2.01. The van der Waals surface area contributed by atoms with Crippen LogP contribution < -0.4 is 0 Å². The van der Waals surface area contributed by atoms with Gasteiger partial charge in [-0.15, -0.1) is 0 Å². The minimum atomic E-state index is -0.701. The molecule has 1 aromatic carbocycles. The standard InChI is InChI=1S/C9H6FIN2O2/c1-15-9(14)4-3-7-5(2-6(4)10)8(11)13-12-7/h2-3H,1H3,(H,12,13). The Kier molecular flexibility index (Phi) is 2.59. The number of halogens is 2. The van der Waals surface area contributed by atoms with E-state index in [-0.39, 0.29) is 5.56 Å². The molecule has 15 heavy (non-hydrogen) atoms. The van der Waals surface area contributed by atoms with E-state index in [0.29, 0.717) is 10.9 Å². The molecule has 0 spiro atoms. The van der Waals surface area contributed by atoms with Crippen LogP contribution in [0.25, 0.3) is 10.9 Å². The lowest BCUT2D eigenvalue weighted by molar-refractivity contribution is 0.0595. The summed E-state index contributed by atoms with van der Waals surface area (Å²) in [6.07, 6.45) is 0. The maximum absolute atomic E-state index is 13.5. The number of nitrogens with zero attached hydrogens (tertiary/aromatic N) is 1. The molecule has 0 radical (unpaired) electrons. The first-order valence-electron chi connectivity index (χ1n) is 4.05. The number of methoxy groups -OCH3 is 1. The highest BCUT2D eigenvalue weighted by atomic mass is 127. The van der Waals surface area contributed by atoms with E-state index in [9.17, 15) is 9.18 Å². The Balaban J connectivity index is 2.68. The summed E-state index contributed by atoms with van der Waals surface area (Å²) in [4.78, 5) is 11.2. The Morgan fingerprint density at radius 3 is 3.00 bits per heavy atom. The third-order valence-corrected chi connectivity index (χ3v) is 2.82. The molecule has 1 heterocycles. The molecule has 1 aromatic heterocycles. The van der Waals surface area contributed by atoms with Gasteiger partial charge in [-0.1, -0.05) is 0 Å². The predicted octanol–water partition coefficient (Wildman–Crippen LogP) is 2.09. The second-order valence-electron chi connectivity index (χ2n) is 2.88. The second-order valence-corrected chi connectivity index (χ2v) is 3.96. The van der Waals surface area contributed by atoms with Gasteiger partial charge in [0.2, 0.25) is 0 Å². The molecule has 78 valence electrons. The highest BCUT2D eigenvalue weighted by molar-refractivity contribution is 14.1. The van der Waals surface area contributed by atoms with E-state index in [2.05, 4.69) is 14.9 Å². The van der Waals surface area contributed by atoms with E-state index in [1.54, 1.807) is 0 Å². The van der Waals surface area contributed by atoms with E-state index in [0.717, 1.165) is 3.70 Å². The third kappa shape index (κ3) is 1.69. The van der Waals surface area contributed by atoms with Gasteiger partial charge in [-0.2, -0.15) is 5.10 Å². The second kappa shape index (κ2) is 3.76. The van der Waals surface area contributed by atoms with Crippen molar-refractivity contribution >= 4 is 39.5 Å². The number of carbonyl (C=O) groups excluding carboxylic acids is 1. The quantitative estimate of drug-likeness (QED) is 0.647. The van der Waals surface area contributed by atoms with E-state index in [1.165, 1.54) is 19.2 Å². The van der Waals surface area contributed by atoms with Crippen LogP contribution in [-0.4, -0.2) is 23.3 Å². The van der Waals surface area contributed by atoms with Crippen LogP contribution in [0.3, 0.4) is 0 Å². The van der Waals surface area contributed by atoms with Crippen molar-refractivity contribution in [3.8, 4) is 0 Å². The van der Waals surface area contributed by atoms with Gasteiger partial charge in [0.1, 0.15) is 9.52 Å². The zero-order chi connectivity index (χ0) is 11.0. The van der Waals surface area contributed by atoms with Gasteiger partial charge in [-0.05, 0) is 34.7 Å². The summed E-state index contributed by atoms with van der Waals surface area (Å²) in [7, 11) is 1.21. The number of rotatable bonds is 1. The molecular weight excluding hydrogens is 314 g/mol. The first kappa shape index (κ1) is 10.3. The number of carbonyl (C=O) groups is 1. The maximum atomic E-state index is 13.5. The van der Waals surface area contributed by atoms with Crippen molar-refractivity contribution in [3.63, 3.8) is 0 Å². The molecule has 0 atom stereocenters. The Morgan fingerprint density at radius 1 is 1.60 bits per heavy atom. The van der Waals surface area contributed by atoms with Crippen LogP contribution in [0, 0.1) is 9.52 Å². The number of ether oxygens (including phenoxy) is 1. The molecule has 0 bridgehead atoms. The number of hydrogen-bond acceptors (Lipinski definition) is 3. The van der Waals surface area contributed by atoms with E-state index < -0.39 is 11.8 Å². The van der Waals surface area contributed by atoms with Crippen molar-refractivity contribution in [2.24, 2.45) is 0 Å². The molecule has 1 N–H and O–H groups in total. The maximum Gasteiger partial charge on any atom is 0.340 e. The van der Waals surface area contributed by atoms with Gasteiger partial charge >= 0.3 is 5.97 Å². The zero-order valence-corrected chi connectivity index (χ0v) is 9.83. The fourth-order valence-electron chi connectivity index (χ4n) is 1.27. The Hall–Kier alpha value is -1.18. The van der Waals surface area contributed by atoms with Crippen molar-refractivity contribution in [3.05, 3.63) is 27.2 Å². The number of aromatic amines is 1. The molecule has 6 heteroatoms. The average Bonchev–Trinajstić information content (AvgIpc) is 2.58. The van der Waals surface area contributed by atoms with Crippen LogP contribution in [0.5, 0.6) is 0 Å². The first-order chi connectivity index (χ1) is 7.13. The molecular formula is C9H6FIN2O2. The van der Waals surface area contributed by atoms with Crippen molar-refractivity contribution in [1.29, 1.82) is 0 Å². The van der Waals surface area contributed by atoms with Crippen molar-refractivity contribution in [2.45, 2.75) is 0 Å². The highest BCUT2D eigenvalue weighted by Gasteiger charge is 2.15. The van der Waals surface area contributed by atoms with E-state index >= 15 is 0 Å². The zero-order valence-electron chi connectivity index (χ0n) is 7.67. The molecule has 4 nitrogen and oxygen atoms in total. The van der Waals surface area contributed by atoms with Crippen molar-refractivity contribution in [2.75, 3.05) is 7.11 Å². The number of H-pyrrole nitrogens is 1. The molecule has 0 saturated heterocycles. The molecule has 2 aromatic rings. The van der Waals surface area contributed by atoms with Crippen LogP contribution in [-0.2, 0) is 4.74 Å². The van der Waals surface area contributed by atoms with E-state index in [1.807, 2.05) is 22.6 Å². The first-order valence-corrected chi connectivity index (χ1v) is 5.13. The lowest BCUT2D eigenvalue weighted by atomic mass is 10.1. The summed E-state index contributed by atoms with van der Waals surface area (Å²) in [6.45, 7) is 0. The lowest BCUT2D eigenvalue weighted by Gasteiger charge is -2.00. The summed E-state index contributed by atoms with van der Waals surface area (Å²) in [5.74, 6) is -1.30. The van der Waals surface area contributed by atoms with Crippen molar-refractivity contribution in [1.82, 2.24) is 10.2 Å². The van der Waals surface area contributed by atoms with Crippen LogP contribution in [0.15, 0.2) is 12.1 Å². The average molecular weight is 320 g/mol. The number of nitrogens with one attached hydrogen (secondary N) is 1. The molecule has 2 rings (SSSR count). The molecule has 0 amide bonds. The summed E-state index contributed by atoms with van der Waals surface area (Å²) in [6, 6.07) is 2.64. The topological polar surface area (TPSA) is 55.0 Å². The number of benzene rings is 1.